The van der Waals surface area contributed by atoms with E-state index in [1.807, 2.05) is 0 Å². The van der Waals surface area contributed by atoms with Crippen LogP contribution in [0.3, 0.4) is 0 Å². The summed E-state index contributed by atoms with van der Waals surface area (Å²) >= 11 is 6.10. The third kappa shape index (κ3) is 4.37. The summed E-state index contributed by atoms with van der Waals surface area (Å²) in [5, 5.41) is 15.1. The molecule has 0 aliphatic carbocycles. The second-order valence-electron chi connectivity index (χ2n) is 5.46. The van der Waals surface area contributed by atoms with E-state index in [9.17, 15) is 4.39 Å². The predicted octanol–water partition coefficient (Wildman–Crippen LogP) is 3.84. The van der Waals surface area contributed by atoms with Crippen LogP contribution in [0.5, 0.6) is 5.75 Å². The number of allylic oxidation sites excluding steroid dienone is 1. The highest BCUT2D eigenvalue weighted by Crippen LogP contribution is 2.25. The van der Waals surface area contributed by atoms with Crippen LogP contribution in [-0.2, 0) is 19.7 Å². The summed E-state index contributed by atoms with van der Waals surface area (Å²) in [5.74, 6) is 0.808. The third-order valence-corrected chi connectivity index (χ3v) is 3.87. The van der Waals surface area contributed by atoms with E-state index >= 15 is 0 Å². The van der Waals surface area contributed by atoms with Crippen LogP contribution in [0.4, 0.5) is 10.3 Å². The van der Waals surface area contributed by atoms with E-state index in [-0.39, 0.29) is 12.4 Å². The SMILES string of the molecule is C=CCn1nnnc1NCc1cc(Cl)ccc1OCc1ccccc1F. The van der Waals surface area contributed by atoms with Gasteiger partial charge >= 0.3 is 0 Å². The Labute approximate surface area is 155 Å². The van der Waals surface area contributed by atoms with Gasteiger partial charge in [0.25, 0.3) is 0 Å². The Morgan fingerprint density at radius 2 is 2.08 bits per heavy atom. The van der Waals surface area contributed by atoms with Crippen LogP contribution in [0.1, 0.15) is 11.1 Å². The molecule has 0 radical (unpaired) electrons. The van der Waals surface area contributed by atoms with Gasteiger partial charge in [-0.05, 0) is 34.7 Å². The Hall–Kier alpha value is -2.93. The second kappa shape index (κ2) is 8.44. The van der Waals surface area contributed by atoms with Gasteiger partial charge in [-0.1, -0.05) is 41.0 Å². The molecule has 6 nitrogen and oxygen atoms in total. The summed E-state index contributed by atoms with van der Waals surface area (Å²) < 4.78 is 21.1. The number of aromatic nitrogens is 4. The minimum absolute atomic E-state index is 0.121. The number of halogens is 2. The van der Waals surface area contributed by atoms with Crippen molar-refractivity contribution in [2.75, 3.05) is 5.32 Å². The number of rotatable bonds is 8. The zero-order valence-corrected chi connectivity index (χ0v) is 14.7. The quantitative estimate of drug-likeness (QED) is 0.608. The van der Waals surface area contributed by atoms with E-state index in [0.29, 0.717) is 35.4 Å². The van der Waals surface area contributed by atoms with Gasteiger partial charge in [0.1, 0.15) is 18.2 Å². The van der Waals surface area contributed by atoms with E-state index in [2.05, 4.69) is 27.4 Å². The van der Waals surface area contributed by atoms with Gasteiger partial charge in [-0.15, -0.1) is 6.58 Å². The van der Waals surface area contributed by atoms with Crippen molar-refractivity contribution in [2.24, 2.45) is 0 Å². The van der Waals surface area contributed by atoms with Gasteiger partial charge in [-0.3, -0.25) is 0 Å². The molecule has 0 amide bonds. The summed E-state index contributed by atoms with van der Waals surface area (Å²) in [7, 11) is 0. The Bertz CT molecular complexity index is 899. The molecule has 0 saturated carbocycles. The third-order valence-electron chi connectivity index (χ3n) is 3.63. The number of nitrogens with zero attached hydrogens (tertiary/aromatic N) is 4. The van der Waals surface area contributed by atoms with Gasteiger partial charge in [0.05, 0.1) is 6.54 Å². The molecule has 8 heteroatoms. The highest BCUT2D eigenvalue weighted by atomic mass is 35.5. The van der Waals surface area contributed by atoms with Gasteiger partial charge < -0.3 is 10.1 Å². The number of nitrogens with one attached hydrogen (secondary N) is 1. The largest absolute Gasteiger partial charge is 0.488 e. The van der Waals surface area contributed by atoms with Crippen molar-refractivity contribution in [2.45, 2.75) is 19.7 Å². The molecule has 0 saturated heterocycles. The predicted molar refractivity (Wildman–Crippen MR) is 97.5 cm³/mol. The van der Waals surface area contributed by atoms with Crippen molar-refractivity contribution in [3.8, 4) is 5.75 Å². The van der Waals surface area contributed by atoms with Crippen molar-refractivity contribution >= 4 is 17.5 Å². The van der Waals surface area contributed by atoms with Gasteiger partial charge in [-0.2, -0.15) is 0 Å². The van der Waals surface area contributed by atoms with Crippen LogP contribution >= 0.6 is 11.6 Å². The lowest BCUT2D eigenvalue weighted by molar-refractivity contribution is 0.297. The maximum absolute atomic E-state index is 13.8. The molecule has 0 atom stereocenters. The molecule has 26 heavy (non-hydrogen) atoms. The smallest absolute Gasteiger partial charge is 0.243 e. The summed E-state index contributed by atoms with van der Waals surface area (Å²) in [6, 6.07) is 11.8. The van der Waals surface area contributed by atoms with E-state index in [4.69, 9.17) is 16.3 Å². The molecule has 1 heterocycles. The van der Waals surface area contributed by atoms with E-state index in [1.54, 1.807) is 47.2 Å². The molecular formula is C18H17ClFN5O. The number of benzene rings is 2. The van der Waals surface area contributed by atoms with Crippen LogP contribution in [0, 0.1) is 5.82 Å². The van der Waals surface area contributed by atoms with E-state index in [0.717, 1.165) is 5.56 Å². The normalized spacial score (nSPS) is 10.5. The topological polar surface area (TPSA) is 64.9 Å². The van der Waals surface area contributed by atoms with Crippen LogP contribution in [0.2, 0.25) is 5.02 Å². The summed E-state index contributed by atoms with van der Waals surface area (Å²) in [4.78, 5) is 0. The Balaban J connectivity index is 1.72. The maximum Gasteiger partial charge on any atom is 0.243 e. The maximum atomic E-state index is 13.8. The molecule has 0 spiro atoms. The fourth-order valence-electron chi connectivity index (χ4n) is 2.35. The molecule has 1 N–H and O–H groups in total. The first-order valence-corrected chi connectivity index (χ1v) is 8.30. The summed E-state index contributed by atoms with van der Waals surface area (Å²) in [6.45, 7) is 4.67. The van der Waals surface area contributed by atoms with Crippen LogP contribution < -0.4 is 10.1 Å². The zero-order chi connectivity index (χ0) is 18.4. The molecule has 3 aromatic rings. The minimum atomic E-state index is -0.301. The monoisotopic (exact) mass is 373 g/mol. The first-order valence-electron chi connectivity index (χ1n) is 7.93. The number of tetrazole rings is 1. The molecular weight excluding hydrogens is 357 g/mol. The van der Waals surface area contributed by atoms with Crippen molar-refractivity contribution in [3.63, 3.8) is 0 Å². The van der Waals surface area contributed by atoms with Crippen LogP contribution in [0.25, 0.3) is 0 Å². The van der Waals surface area contributed by atoms with Crippen LogP contribution in [0.15, 0.2) is 55.1 Å². The molecule has 0 bridgehead atoms. The Morgan fingerprint density at radius 1 is 1.23 bits per heavy atom. The Kier molecular flexibility index (Phi) is 5.80. The lowest BCUT2D eigenvalue weighted by atomic mass is 10.2. The Morgan fingerprint density at radius 3 is 2.88 bits per heavy atom. The standard InChI is InChI=1S/C18H17ClFN5O/c1-2-9-25-18(22-23-24-25)21-11-14-10-15(19)7-8-17(14)26-12-13-5-3-4-6-16(13)20/h2-8,10H,1,9,11-12H2,(H,21,22,24). The molecule has 0 fully saturated rings. The van der Waals surface area contributed by atoms with E-state index in [1.165, 1.54) is 6.07 Å². The second-order valence-corrected chi connectivity index (χ2v) is 5.90. The lowest BCUT2D eigenvalue weighted by Gasteiger charge is -2.13. The molecule has 134 valence electrons. The highest BCUT2D eigenvalue weighted by Gasteiger charge is 2.10. The van der Waals surface area contributed by atoms with Crippen molar-refractivity contribution in [1.82, 2.24) is 20.2 Å². The molecule has 0 unspecified atom stereocenters. The highest BCUT2D eigenvalue weighted by molar-refractivity contribution is 6.30. The van der Waals surface area contributed by atoms with E-state index < -0.39 is 0 Å². The number of ether oxygens (including phenoxy) is 1. The van der Waals surface area contributed by atoms with Crippen molar-refractivity contribution in [1.29, 1.82) is 0 Å². The number of hydrogen-bond acceptors (Lipinski definition) is 5. The fraction of sp³-hybridized carbons (Fsp3) is 0.167. The number of anilines is 1. The molecule has 2 aromatic carbocycles. The molecule has 3 rings (SSSR count). The minimum Gasteiger partial charge on any atom is -0.488 e. The van der Waals surface area contributed by atoms with Gasteiger partial charge in [-0.25, -0.2) is 9.07 Å². The molecule has 1 aromatic heterocycles. The fourth-order valence-corrected chi connectivity index (χ4v) is 2.54. The lowest BCUT2D eigenvalue weighted by Crippen LogP contribution is -2.09. The van der Waals surface area contributed by atoms with Gasteiger partial charge in [0, 0.05) is 22.7 Å². The van der Waals surface area contributed by atoms with Crippen molar-refractivity contribution in [3.05, 3.63) is 77.1 Å². The van der Waals surface area contributed by atoms with Gasteiger partial charge in [0.2, 0.25) is 5.95 Å². The average Bonchev–Trinajstić information content (AvgIpc) is 3.08. The summed E-state index contributed by atoms with van der Waals surface area (Å²) in [5.41, 5.74) is 1.29. The average molecular weight is 374 g/mol. The van der Waals surface area contributed by atoms with Crippen LogP contribution in [-0.4, -0.2) is 20.2 Å². The molecule has 0 aliphatic rings. The zero-order valence-electron chi connectivity index (χ0n) is 13.9. The van der Waals surface area contributed by atoms with Crippen molar-refractivity contribution < 1.29 is 9.13 Å². The first kappa shape index (κ1) is 17.9. The number of hydrogen-bond donors (Lipinski definition) is 1. The molecule has 0 aliphatic heterocycles. The summed E-state index contributed by atoms with van der Waals surface area (Å²) in [6.07, 6.45) is 1.70. The van der Waals surface area contributed by atoms with Gasteiger partial charge in [0.15, 0.2) is 0 Å². The first-order chi connectivity index (χ1) is 12.7.